The normalized spacial score (nSPS) is 23.6. The number of hydrogen-bond acceptors (Lipinski definition) is 4. The molecule has 0 unspecified atom stereocenters. The highest BCUT2D eigenvalue weighted by molar-refractivity contribution is 7.91. The highest BCUT2D eigenvalue weighted by atomic mass is 32.2. The van der Waals surface area contributed by atoms with Crippen LogP contribution in [0.1, 0.15) is 43.4 Å². The number of rotatable bonds is 5. The summed E-state index contributed by atoms with van der Waals surface area (Å²) in [6.45, 7) is 4.02. The third-order valence-electron chi connectivity index (χ3n) is 4.76. The smallest absolute Gasteiger partial charge is 0.252 e. The molecule has 0 spiro atoms. The maximum atomic E-state index is 12.9. The van der Waals surface area contributed by atoms with Gasteiger partial charge in [0.15, 0.2) is 0 Å². The second-order valence-corrected chi connectivity index (χ2v) is 9.81. The summed E-state index contributed by atoms with van der Waals surface area (Å²) in [5.74, 6) is 0.212. The fourth-order valence-electron chi connectivity index (χ4n) is 3.49. The van der Waals surface area contributed by atoms with Gasteiger partial charge in [-0.15, -0.1) is 11.3 Å². The molecule has 0 bridgehead atoms. The predicted molar refractivity (Wildman–Crippen MR) is 91.0 cm³/mol. The minimum Gasteiger partial charge on any atom is -0.343 e. The Hall–Kier alpha value is -0.920. The summed E-state index contributed by atoms with van der Waals surface area (Å²) in [7, 11) is -3.40. The fraction of sp³-hybridized carbons (Fsp3) is 0.688. The summed E-state index contributed by atoms with van der Waals surface area (Å²) in [5, 5.41) is 0. The number of amides is 1. The van der Waals surface area contributed by atoms with Gasteiger partial charge in [-0.05, 0) is 44.7 Å². The summed E-state index contributed by atoms with van der Waals surface area (Å²) in [6.07, 6.45) is 5.19. The van der Waals surface area contributed by atoms with Crippen molar-refractivity contribution in [3.8, 4) is 0 Å². The molecule has 2 fully saturated rings. The molecule has 0 N–H and O–H groups in total. The third kappa shape index (κ3) is 3.61. The Morgan fingerprint density at radius 2 is 2.04 bits per heavy atom. The Morgan fingerprint density at radius 1 is 1.22 bits per heavy atom. The number of aryl methyl sites for hydroxylation is 1. The van der Waals surface area contributed by atoms with Gasteiger partial charge >= 0.3 is 0 Å². The van der Waals surface area contributed by atoms with Crippen molar-refractivity contribution in [2.24, 2.45) is 0 Å². The molecule has 1 atom stereocenters. The molecule has 5 nitrogen and oxygen atoms in total. The molecule has 2 aliphatic heterocycles. The highest BCUT2D eigenvalue weighted by Gasteiger charge is 2.34. The van der Waals surface area contributed by atoms with Crippen molar-refractivity contribution in [3.05, 3.63) is 17.0 Å². The number of thiophene rings is 1. The Morgan fingerprint density at radius 3 is 2.70 bits per heavy atom. The molecule has 128 valence electrons. The number of likely N-dealkylation sites (tertiary alicyclic amines) is 1. The van der Waals surface area contributed by atoms with Crippen LogP contribution in [-0.4, -0.2) is 49.2 Å². The average molecular weight is 357 g/mol. The van der Waals surface area contributed by atoms with Crippen LogP contribution in [0.25, 0.3) is 0 Å². The van der Waals surface area contributed by atoms with Crippen LogP contribution in [0.5, 0.6) is 0 Å². The van der Waals surface area contributed by atoms with Crippen molar-refractivity contribution in [1.29, 1.82) is 0 Å². The maximum Gasteiger partial charge on any atom is 0.252 e. The second kappa shape index (κ2) is 6.91. The van der Waals surface area contributed by atoms with E-state index >= 15 is 0 Å². The van der Waals surface area contributed by atoms with Gasteiger partial charge in [-0.1, -0.05) is 6.42 Å². The van der Waals surface area contributed by atoms with Crippen molar-refractivity contribution in [2.45, 2.75) is 55.7 Å². The molecule has 2 aliphatic rings. The number of piperidine rings is 1. The van der Waals surface area contributed by atoms with Crippen LogP contribution in [0.4, 0.5) is 0 Å². The number of sulfonamides is 1. The standard InChI is InChI=1S/C16H24N2O3S2/c1-13-7-8-16(22-13)23(20,21)18-11-3-2-5-14(18)9-12-17-10-4-6-15(17)19/h7-8,14H,2-6,9-12H2,1H3/t14-/m1/s1. The zero-order chi connectivity index (χ0) is 16.4. The van der Waals surface area contributed by atoms with Gasteiger partial charge in [0.1, 0.15) is 4.21 Å². The lowest BCUT2D eigenvalue weighted by Crippen LogP contribution is -2.45. The molecule has 0 aliphatic carbocycles. The van der Waals surface area contributed by atoms with E-state index in [0.717, 1.165) is 43.5 Å². The Kier molecular flexibility index (Phi) is 5.08. The Labute approximate surface area is 142 Å². The number of carbonyl (C=O) groups is 1. The largest absolute Gasteiger partial charge is 0.343 e. The molecule has 3 rings (SSSR count). The number of nitrogens with zero attached hydrogens (tertiary/aromatic N) is 2. The van der Waals surface area contributed by atoms with Crippen LogP contribution in [-0.2, 0) is 14.8 Å². The zero-order valence-electron chi connectivity index (χ0n) is 13.5. The topological polar surface area (TPSA) is 57.7 Å². The first-order chi connectivity index (χ1) is 11.0. The van der Waals surface area contributed by atoms with Crippen molar-refractivity contribution in [3.63, 3.8) is 0 Å². The molecule has 23 heavy (non-hydrogen) atoms. The number of hydrogen-bond donors (Lipinski definition) is 0. The third-order valence-corrected chi connectivity index (χ3v) is 8.18. The molecular weight excluding hydrogens is 332 g/mol. The van der Waals surface area contributed by atoms with Gasteiger partial charge in [0.2, 0.25) is 5.91 Å². The van der Waals surface area contributed by atoms with E-state index in [-0.39, 0.29) is 11.9 Å². The van der Waals surface area contributed by atoms with E-state index in [1.165, 1.54) is 11.3 Å². The van der Waals surface area contributed by atoms with E-state index in [2.05, 4.69) is 0 Å². The predicted octanol–water partition coefficient (Wildman–Crippen LogP) is 2.61. The SMILES string of the molecule is Cc1ccc(S(=O)(=O)N2CCCC[C@@H]2CCN2CCCC2=O)s1. The van der Waals surface area contributed by atoms with Gasteiger partial charge in [0.05, 0.1) is 0 Å². The van der Waals surface area contributed by atoms with E-state index in [0.29, 0.717) is 23.7 Å². The minimum absolute atomic E-state index is 0.0181. The van der Waals surface area contributed by atoms with Gasteiger partial charge in [0, 0.05) is 37.0 Å². The van der Waals surface area contributed by atoms with E-state index in [4.69, 9.17) is 0 Å². The van der Waals surface area contributed by atoms with Crippen LogP contribution >= 0.6 is 11.3 Å². The Balaban J connectivity index is 1.72. The zero-order valence-corrected chi connectivity index (χ0v) is 15.2. The van der Waals surface area contributed by atoms with Gasteiger partial charge in [-0.25, -0.2) is 8.42 Å². The molecule has 1 amide bonds. The van der Waals surface area contributed by atoms with Gasteiger partial charge in [-0.2, -0.15) is 4.31 Å². The molecule has 3 heterocycles. The lowest BCUT2D eigenvalue weighted by Gasteiger charge is -2.35. The lowest BCUT2D eigenvalue weighted by atomic mass is 10.0. The molecule has 2 saturated heterocycles. The quantitative estimate of drug-likeness (QED) is 0.815. The van der Waals surface area contributed by atoms with Crippen molar-refractivity contribution >= 4 is 27.3 Å². The van der Waals surface area contributed by atoms with Crippen LogP contribution in [0.2, 0.25) is 0 Å². The van der Waals surface area contributed by atoms with E-state index in [1.54, 1.807) is 10.4 Å². The first-order valence-corrected chi connectivity index (χ1v) is 10.6. The molecule has 7 heteroatoms. The van der Waals surface area contributed by atoms with Gasteiger partial charge in [0.25, 0.3) is 10.0 Å². The summed E-state index contributed by atoms with van der Waals surface area (Å²) >= 11 is 1.34. The first-order valence-electron chi connectivity index (χ1n) is 8.34. The number of carbonyl (C=O) groups excluding carboxylic acids is 1. The van der Waals surface area contributed by atoms with Crippen LogP contribution in [0.15, 0.2) is 16.3 Å². The lowest BCUT2D eigenvalue weighted by molar-refractivity contribution is -0.127. The van der Waals surface area contributed by atoms with Gasteiger partial charge in [-0.3, -0.25) is 4.79 Å². The van der Waals surface area contributed by atoms with Crippen LogP contribution in [0, 0.1) is 6.92 Å². The van der Waals surface area contributed by atoms with Crippen molar-refractivity contribution in [1.82, 2.24) is 9.21 Å². The highest BCUT2D eigenvalue weighted by Crippen LogP contribution is 2.31. The summed E-state index contributed by atoms with van der Waals surface area (Å²) < 4.78 is 28.0. The maximum absolute atomic E-state index is 12.9. The second-order valence-electron chi connectivity index (χ2n) is 6.40. The first kappa shape index (κ1) is 16.9. The van der Waals surface area contributed by atoms with Crippen molar-refractivity contribution < 1.29 is 13.2 Å². The molecular formula is C16H24N2O3S2. The summed E-state index contributed by atoms with van der Waals surface area (Å²) in [5.41, 5.74) is 0. The molecule has 0 radical (unpaired) electrons. The molecule has 0 saturated carbocycles. The fourth-order valence-corrected chi connectivity index (χ4v) is 6.63. The monoisotopic (exact) mass is 356 g/mol. The summed E-state index contributed by atoms with van der Waals surface area (Å²) in [6, 6.07) is 3.59. The van der Waals surface area contributed by atoms with Crippen molar-refractivity contribution in [2.75, 3.05) is 19.6 Å². The van der Waals surface area contributed by atoms with Crippen LogP contribution < -0.4 is 0 Å². The van der Waals surface area contributed by atoms with Crippen LogP contribution in [0.3, 0.4) is 0 Å². The minimum atomic E-state index is -3.40. The van der Waals surface area contributed by atoms with E-state index < -0.39 is 10.0 Å². The molecule has 1 aromatic heterocycles. The van der Waals surface area contributed by atoms with Gasteiger partial charge < -0.3 is 4.90 Å². The van der Waals surface area contributed by atoms with E-state index in [1.807, 2.05) is 17.9 Å². The van der Waals surface area contributed by atoms with E-state index in [9.17, 15) is 13.2 Å². The Bertz CT molecular complexity index is 669. The summed E-state index contributed by atoms with van der Waals surface area (Å²) in [4.78, 5) is 14.6. The molecule has 1 aromatic rings. The average Bonchev–Trinajstić information content (AvgIpc) is 3.14. The molecule has 0 aromatic carbocycles.